The number of likely N-dealkylation sites (N-methyl/N-ethyl adjacent to an activating group) is 1. The molecule has 3 heterocycles. The van der Waals surface area contributed by atoms with E-state index in [0.29, 0.717) is 0 Å². The van der Waals surface area contributed by atoms with Gasteiger partial charge in [0.25, 0.3) is 0 Å². The third-order valence-electron chi connectivity index (χ3n) is 5.53. The molecule has 2 aromatic rings. The van der Waals surface area contributed by atoms with Gasteiger partial charge in [0.05, 0.1) is 16.7 Å². The molecule has 4 rings (SSSR count). The van der Waals surface area contributed by atoms with Crippen LogP contribution in [0.2, 0.25) is 0 Å². The molecule has 1 radical (unpaired) electrons. The van der Waals surface area contributed by atoms with Gasteiger partial charge >= 0.3 is 0 Å². The summed E-state index contributed by atoms with van der Waals surface area (Å²) in [4.78, 5) is 10.2. The molecule has 1 aromatic heterocycles. The Labute approximate surface area is 138 Å². The van der Waals surface area contributed by atoms with Crippen molar-refractivity contribution in [3.63, 3.8) is 0 Å². The summed E-state index contributed by atoms with van der Waals surface area (Å²) < 4.78 is 0. The summed E-state index contributed by atoms with van der Waals surface area (Å²) in [7, 11) is 2.22. The molecule has 1 aromatic carbocycles. The van der Waals surface area contributed by atoms with E-state index in [4.69, 9.17) is 4.98 Å². The Morgan fingerprint density at radius 1 is 1.09 bits per heavy atom. The van der Waals surface area contributed by atoms with Gasteiger partial charge in [0.2, 0.25) is 0 Å². The maximum Gasteiger partial charge on any atom is 0.0712 e. The molecule has 2 fully saturated rings. The number of para-hydroxylation sites is 1. The van der Waals surface area contributed by atoms with Crippen LogP contribution in [0.5, 0.6) is 0 Å². The van der Waals surface area contributed by atoms with Gasteiger partial charge in [-0.15, -0.1) is 0 Å². The predicted molar refractivity (Wildman–Crippen MR) is 93.4 cm³/mol. The summed E-state index contributed by atoms with van der Waals surface area (Å²) >= 11 is 0. The fraction of sp³-hybridized carbons (Fsp3) is 0.526. The molecule has 4 heteroatoms. The van der Waals surface area contributed by atoms with Gasteiger partial charge in [0.15, 0.2) is 0 Å². The van der Waals surface area contributed by atoms with Crippen molar-refractivity contribution in [1.29, 1.82) is 0 Å². The highest BCUT2D eigenvalue weighted by atomic mass is 15.3. The topological polar surface area (TPSA) is 31.4 Å². The maximum atomic E-state index is 5.05. The van der Waals surface area contributed by atoms with Gasteiger partial charge in [-0.2, -0.15) is 0 Å². The molecule has 0 unspecified atom stereocenters. The fourth-order valence-electron chi connectivity index (χ4n) is 4.05. The Hall–Kier alpha value is -1.49. The van der Waals surface area contributed by atoms with Crippen LogP contribution in [0.15, 0.2) is 30.3 Å². The zero-order valence-corrected chi connectivity index (χ0v) is 13.9. The van der Waals surface area contributed by atoms with E-state index in [1.807, 2.05) is 0 Å². The second-order valence-electron chi connectivity index (χ2n) is 6.87. The van der Waals surface area contributed by atoms with Crippen LogP contribution in [0.4, 0.5) is 0 Å². The van der Waals surface area contributed by atoms with E-state index in [1.54, 1.807) is 0 Å². The van der Waals surface area contributed by atoms with Crippen LogP contribution in [0, 0.1) is 6.07 Å². The van der Waals surface area contributed by atoms with Crippen LogP contribution in [-0.4, -0.2) is 61.1 Å². The number of piperidine rings is 1. The first-order valence-corrected chi connectivity index (χ1v) is 8.70. The molecule has 0 amide bonds. The maximum absolute atomic E-state index is 5.05. The number of benzene rings is 1. The Morgan fingerprint density at radius 2 is 1.83 bits per heavy atom. The molecule has 0 bridgehead atoms. The highest BCUT2D eigenvalue weighted by molar-refractivity contribution is 5.77. The lowest BCUT2D eigenvalue weighted by Gasteiger charge is -2.49. The molecule has 1 N–H and O–H groups in total. The molecular weight excluding hydrogens is 284 g/mol. The predicted octanol–water partition coefficient (Wildman–Crippen LogP) is 1.86. The molecule has 23 heavy (non-hydrogen) atoms. The normalized spacial score (nSPS) is 23.2. The van der Waals surface area contributed by atoms with Crippen molar-refractivity contribution in [1.82, 2.24) is 20.1 Å². The van der Waals surface area contributed by atoms with Crippen LogP contribution < -0.4 is 5.32 Å². The van der Waals surface area contributed by atoms with Gasteiger partial charge in [-0.1, -0.05) is 18.2 Å². The summed E-state index contributed by atoms with van der Waals surface area (Å²) in [5.74, 6) is 0. The van der Waals surface area contributed by atoms with E-state index < -0.39 is 0 Å². The van der Waals surface area contributed by atoms with Crippen molar-refractivity contribution in [2.75, 3.05) is 46.3 Å². The minimum atomic E-state index is 0.0764. The van der Waals surface area contributed by atoms with Crippen LogP contribution >= 0.6 is 0 Å². The molecule has 121 valence electrons. The van der Waals surface area contributed by atoms with E-state index in [0.717, 1.165) is 63.0 Å². The highest BCUT2D eigenvalue weighted by Gasteiger charge is 2.41. The first-order chi connectivity index (χ1) is 11.3. The minimum Gasteiger partial charge on any atom is -0.317 e. The van der Waals surface area contributed by atoms with Crippen LogP contribution in [0.3, 0.4) is 0 Å². The third kappa shape index (κ3) is 2.75. The summed E-state index contributed by atoms with van der Waals surface area (Å²) in [6.45, 7) is 6.69. The fourth-order valence-corrected chi connectivity index (χ4v) is 4.05. The van der Waals surface area contributed by atoms with E-state index in [1.165, 1.54) is 5.69 Å². The molecule has 2 aliphatic heterocycles. The number of pyridine rings is 1. The highest BCUT2D eigenvalue weighted by Crippen LogP contribution is 2.37. The lowest BCUT2D eigenvalue weighted by atomic mass is 9.82. The van der Waals surface area contributed by atoms with Crippen molar-refractivity contribution >= 4 is 10.9 Å². The van der Waals surface area contributed by atoms with Gasteiger partial charge in [-0.05, 0) is 51.2 Å². The second kappa shape index (κ2) is 6.19. The van der Waals surface area contributed by atoms with Gasteiger partial charge < -0.3 is 10.2 Å². The summed E-state index contributed by atoms with van der Waals surface area (Å²) in [5, 5.41) is 4.63. The van der Waals surface area contributed by atoms with E-state index in [2.05, 4.69) is 58.6 Å². The van der Waals surface area contributed by atoms with Crippen molar-refractivity contribution in [2.24, 2.45) is 0 Å². The Balaban J connectivity index is 1.74. The average molecular weight is 309 g/mol. The number of hydrogen-bond acceptors (Lipinski definition) is 4. The molecule has 4 nitrogen and oxygen atoms in total. The van der Waals surface area contributed by atoms with Crippen molar-refractivity contribution in [3.05, 3.63) is 42.1 Å². The number of fused-ring (bicyclic) bond motifs is 1. The summed E-state index contributed by atoms with van der Waals surface area (Å²) in [6, 6.07) is 13.9. The number of aromatic nitrogens is 1. The number of nitrogens with zero attached hydrogens (tertiary/aromatic N) is 3. The number of hydrogen-bond donors (Lipinski definition) is 1. The van der Waals surface area contributed by atoms with Gasteiger partial charge in [-0.25, -0.2) is 0 Å². The summed E-state index contributed by atoms with van der Waals surface area (Å²) in [6.07, 6.45) is 2.27. The van der Waals surface area contributed by atoms with Crippen molar-refractivity contribution < 1.29 is 0 Å². The van der Waals surface area contributed by atoms with E-state index in [9.17, 15) is 0 Å². The second-order valence-corrected chi connectivity index (χ2v) is 6.87. The van der Waals surface area contributed by atoms with Crippen LogP contribution in [-0.2, 0) is 5.54 Å². The average Bonchev–Trinajstić information content (AvgIpc) is 2.62. The number of nitrogens with one attached hydrogen (secondary N) is 1. The molecule has 2 aliphatic rings. The largest absolute Gasteiger partial charge is 0.317 e. The summed E-state index contributed by atoms with van der Waals surface area (Å²) in [5.41, 5.74) is 2.35. The molecule has 0 aliphatic carbocycles. The zero-order valence-electron chi connectivity index (χ0n) is 13.9. The van der Waals surface area contributed by atoms with Crippen molar-refractivity contribution in [3.8, 4) is 0 Å². The quantitative estimate of drug-likeness (QED) is 0.917. The Kier molecular flexibility index (Phi) is 4.05. The first kappa shape index (κ1) is 15.1. The molecule has 0 spiro atoms. The molecule has 0 atom stereocenters. The standard InChI is InChI=1S/C19H25N4/c1-22-12-14-23(15-13-22)19(8-10-20-11-9-19)18-7-6-16-4-2-3-5-17(16)21-18/h2-5,7,20H,8-15H2,1H3. The van der Waals surface area contributed by atoms with Crippen LogP contribution in [0.1, 0.15) is 18.5 Å². The minimum absolute atomic E-state index is 0.0764. The monoisotopic (exact) mass is 309 g/mol. The Morgan fingerprint density at radius 3 is 2.61 bits per heavy atom. The van der Waals surface area contributed by atoms with Gasteiger partial charge in [0, 0.05) is 31.6 Å². The van der Waals surface area contributed by atoms with Gasteiger partial charge in [0.1, 0.15) is 0 Å². The molecule has 2 saturated heterocycles. The smallest absolute Gasteiger partial charge is 0.0712 e. The zero-order chi connectivity index (χ0) is 15.7. The first-order valence-electron chi connectivity index (χ1n) is 8.70. The van der Waals surface area contributed by atoms with Crippen LogP contribution in [0.25, 0.3) is 10.9 Å². The van der Waals surface area contributed by atoms with E-state index in [-0.39, 0.29) is 5.54 Å². The number of rotatable bonds is 2. The lowest BCUT2D eigenvalue weighted by molar-refractivity contribution is 0.0122. The van der Waals surface area contributed by atoms with Crippen molar-refractivity contribution in [2.45, 2.75) is 18.4 Å². The number of piperazine rings is 1. The lowest BCUT2D eigenvalue weighted by Crippen LogP contribution is -2.58. The van der Waals surface area contributed by atoms with E-state index >= 15 is 0 Å². The SMILES string of the molecule is CN1CCN(C2(c3c[c]c4ccccc4n3)CCNCC2)CC1. The third-order valence-corrected chi connectivity index (χ3v) is 5.53. The molecule has 0 saturated carbocycles. The van der Waals surface area contributed by atoms with Gasteiger partial charge in [-0.3, -0.25) is 9.88 Å². The Bertz CT molecular complexity index is 670. The molecular formula is C19H25N4.